The van der Waals surface area contributed by atoms with E-state index >= 15 is 0 Å². The minimum atomic E-state index is -6.76. The molecule has 0 spiro atoms. The zero-order valence-corrected chi connectivity index (χ0v) is 13.4. The molecule has 0 fully saturated rings. The number of anilines is 1. The van der Waals surface area contributed by atoms with E-state index in [2.05, 4.69) is 0 Å². The summed E-state index contributed by atoms with van der Waals surface area (Å²) in [5, 5.41) is 22.6. The average Bonchev–Trinajstić information content (AvgIpc) is 2.51. The second-order valence-electron chi connectivity index (χ2n) is 4.89. The predicted octanol–water partition coefficient (Wildman–Crippen LogP) is 3.67. The van der Waals surface area contributed by atoms with Gasteiger partial charge in [-0.1, -0.05) is 0 Å². The first-order chi connectivity index (χ1) is 12.6. The first-order valence-electron chi connectivity index (χ1n) is 6.81. The average molecular weight is 423 g/mol. The number of carbonyl (C=O) groups excluding carboxylic acids is 1. The fourth-order valence-corrected chi connectivity index (χ4v) is 1.85. The summed E-state index contributed by atoms with van der Waals surface area (Å²) in [5.41, 5.74) is -10.3. The molecule has 1 N–H and O–H groups in total. The molecule has 0 radical (unpaired) electrons. The van der Waals surface area contributed by atoms with Crippen molar-refractivity contribution in [2.24, 2.45) is 0 Å². The van der Waals surface area contributed by atoms with Gasteiger partial charge in [0, 0.05) is 6.07 Å². The molecule has 0 aliphatic heterocycles. The zero-order valence-electron chi connectivity index (χ0n) is 13.4. The van der Waals surface area contributed by atoms with Crippen molar-refractivity contribution < 1.29 is 50.1 Å². The highest BCUT2D eigenvalue weighted by atomic mass is 19.4. The molecule has 0 atom stereocenters. The molecule has 0 aliphatic carbocycles. The van der Waals surface area contributed by atoms with Crippen LogP contribution in [0.25, 0.3) is 0 Å². The van der Waals surface area contributed by atoms with Crippen LogP contribution in [0.1, 0.15) is 6.92 Å². The third-order valence-corrected chi connectivity index (χ3v) is 3.11. The highest BCUT2D eigenvalue weighted by Gasteiger charge is 2.77. The molecule has 0 bridgehead atoms. The molecule has 1 aromatic carbocycles. The molecular formula is C12H8F7N3O6. The first-order valence-corrected chi connectivity index (χ1v) is 6.81. The van der Waals surface area contributed by atoms with Gasteiger partial charge in [-0.2, -0.15) is 26.3 Å². The smallest absolute Gasteiger partial charge is 0.441 e. The summed E-state index contributed by atoms with van der Waals surface area (Å²) in [7, 11) is 0. The van der Waals surface area contributed by atoms with Gasteiger partial charge < -0.3 is 10.1 Å². The van der Waals surface area contributed by atoms with Crippen molar-refractivity contribution in [1.29, 1.82) is 0 Å². The van der Waals surface area contributed by atoms with Gasteiger partial charge in [-0.25, -0.2) is 4.39 Å². The summed E-state index contributed by atoms with van der Waals surface area (Å²) >= 11 is 0. The topological polar surface area (TPSA) is 125 Å². The molecule has 0 aromatic heterocycles. The highest BCUT2D eigenvalue weighted by molar-refractivity contribution is 6.00. The van der Waals surface area contributed by atoms with Crippen LogP contribution in [-0.4, -0.2) is 40.4 Å². The Morgan fingerprint density at radius 2 is 1.46 bits per heavy atom. The Balaban J connectivity index is 3.59. The number of hydrogen-bond donors (Lipinski definition) is 1. The van der Waals surface area contributed by atoms with Gasteiger partial charge >= 0.3 is 23.7 Å². The van der Waals surface area contributed by atoms with Gasteiger partial charge in [-0.05, 0) is 6.92 Å². The summed E-state index contributed by atoms with van der Waals surface area (Å²) in [6, 6.07) is 0.368. The Morgan fingerprint density at radius 3 is 1.82 bits per heavy atom. The number of ether oxygens (including phenoxy) is 1. The molecule has 28 heavy (non-hydrogen) atoms. The van der Waals surface area contributed by atoms with Gasteiger partial charge in [-0.15, -0.1) is 0 Å². The number of nitrogens with one attached hydrogen (secondary N) is 1. The molecule has 1 rings (SSSR count). The molecule has 0 aliphatic rings. The van der Waals surface area contributed by atoms with Crippen LogP contribution in [-0.2, 0) is 4.79 Å². The van der Waals surface area contributed by atoms with E-state index in [-0.39, 0.29) is 18.7 Å². The number of nitrogens with zero attached hydrogens (tertiary/aromatic N) is 2. The van der Waals surface area contributed by atoms with Crippen LogP contribution in [0.3, 0.4) is 0 Å². The van der Waals surface area contributed by atoms with Crippen molar-refractivity contribution in [3.05, 3.63) is 32.4 Å². The van der Waals surface area contributed by atoms with Crippen LogP contribution < -0.4 is 10.1 Å². The second kappa shape index (κ2) is 7.43. The van der Waals surface area contributed by atoms with E-state index in [1.54, 1.807) is 0 Å². The number of nitro groups is 2. The first kappa shape index (κ1) is 22.8. The van der Waals surface area contributed by atoms with E-state index in [1.165, 1.54) is 6.92 Å². The fourth-order valence-electron chi connectivity index (χ4n) is 1.85. The molecule has 0 saturated carbocycles. The summed E-state index contributed by atoms with van der Waals surface area (Å²) in [6.07, 6.45) is -13.5. The van der Waals surface area contributed by atoms with Crippen molar-refractivity contribution in [3.63, 3.8) is 0 Å². The summed E-state index contributed by atoms with van der Waals surface area (Å²) < 4.78 is 93.9. The van der Waals surface area contributed by atoms with Crippen LogP contribution in [0.2, 0.25) is 0 Å². The van der Waals surface area contributed by atoms with Gasteiger partial charge in [0.25, 0.3) is 11.6 Å². The number of alkyl halides is 7. The highest BCUT2D eigenvalue weighted by Crippen LogP contribution is 2.47. The van der Waals surface area contributed by atoms with E-state index in [4.69, 9.17) is 4.74 Å². The number of benzene rings is 1. The van der Waals surface area contributed by atoms with Crippen LogP contribution in [0.4, 0.5) is 47.8 Å². The normalized spacial score (nSPS) is 12.4. The number of nitro benzene ring substituents is 2. The van der Waals surface area contributed by atoms with Crippen LogP contribution in [0.5, 0.6) is 5.75 Å². The van der Waals surface area contributed by atoms with Crippen molar-refractivity contribution in [1.82, 2.24) is 0 Å². The van der Waals surface area contributed by atoms with Crippen molar-refractivity contribution in [3.8, 4) is 5.75 Å². The molecule has 1 aromatic rings. The third kappa shape index (κ3) is 4.04. The number of halogens is 7. The zero-order chi connectivity index (χ0) is 22.1. The Morgan fingerprint density at radius 1 is 1.00 bits per heavy atom. The molecule has 16 heteroatoms. The maximum atomic E-state index is 13.7. The SMILES string of the molecule is CCOc1cc(NC(=O)C(F)(C(F)(F)F)C(F)(F)F)c([N+](=O)[O-])cc1[N+](=O)[O-]. The van der Waals surface area contributed by atoms with Crippen LogP contribution >= 0.6 is 0 Å². The van der Waals surface area contributed by atoms with Crippen molar-refractivity contribution in [2.45, 2.75) is 24.9 Å². The Bertz CT molecular complexity index is 794. The minimum absolute atomic E-state index is 0.127. The molecular weight excluding hydrogens is 415 g/mol. The largest absolute Gasteiger partial charge is 0.487 e. The lowest BCUT2D eigenvalue weighted by Crippen LogP contribution is -2.61. The van der Waals surface area contributed by atoms with Crippen LogP contribution in [0.15, 0.2) is 12.1 Å². The summed E-state index contributed by atoms with van der Waals surface area (Å²) in [6.45, 7) is 0.980. The Kier molecular flexibility index (Phi) is 6.06. The Labute approximate surface area is 149 Å². The van der Waals surface area contributed by atoms with E-state index in [0.717, 1.165) is 5.32 Å². The number of carbonyl (C=O) groups is 1. The fraction of sp³-hybridized carbons (Fsp3) is 0.417. The lowest BCUT2D eigenvalue weighted by molar-refractivity contribution is -0.394. The molecule has 0 unspecified atom stereocenters. The maximum Gasteiger partial charge on any atom is 0.441 e. The number of amides is 1. The van der Waals surface area contributed by atoms with Gasteiger partial charge in [0.05, 0.1) is 22.5 Å². The van der Waals surface area contributed by atoms with Gasteiger partial charge in [0.15, 0.2) is 5.75 Å². The van der Waals surface area contributed by atoms with Gasteiger partial charge in [0.2, 0.25) is 0 Å². The van der Waals surface area contributed by atoms with Gasteiger partial charge in [0.1, 0.15) is 5.69 Å². The third-order valence-electron chi connectivity index (χ3n) is 3.11. The lowest BCUT2D eigenvalue weighted by atomic mass is 10.0. The standard InChI is InChI=1S/C12H8F7N3O6/c1-2-28-8-3-5(6(21(24)25)4-7(8)22(26)27)20-9(23)10(13,11(14,15)16)12(17,18)19/h3-4H,2H2,1H3,(H,20,23). The molecule has 0 saturated heterocycles. The Hall–Kier alpha value is -3.20. The van der Waals surface area contributed by atoms with Crippen molar-refractivity contribution in [2.75, 3.05) is 11.9 Å². The minimum Gasteiger partial charge on any atom is -0.487 e. The summed E-state index contributed by atoms with van der Waals surface area (Å²) in [4.78, 5) is 30.7. The monoisotopic (exact) mass is 423 g/mol. The van der Waals surface area contributed by atoms with E-state index in [9.17, 15) is 55.8 Å². The molecule has 1 amide bonds. The maximum absolute atomic E-state index is 13.7. The second-order valence-corrected chi connectivity index (χ2v) is 4.89. The number of hydrogen-bond acceptors (Lipinski definition) is 6. The lowest BCUT2D eigenvalue weighted by Gasteiger charge is -2.28. The quantitative estimate of drug-likeness (QED) is 0.423. The predicted molar refractivity (Wildman–Crippen MR) is 75.5 cm³/mol. The van der Waals surface area contributed by atoms with Gasteiger partial charge in [-0.3, -0.25) is 25.0 Å². The van der Waals surface area contributed by atoms with E-state index in [1.807, 2.05) is 0 Å². The molecule has 156 valence electrons. The van der Waals surface area contributed by atoms with Crippen molar-refractivity contribution >= 4 is 23.0 Å². The number of rotatable bonds is 6. The molecule has 0 heterocycles. The van der Waals surface area contributed by atoms with Crippen LogP contribution in [0, 0.1) is 20.2 Å². The van der Waals surface area contributed by atoms with E-state index < -0.39 is 56.6 Å². The molecule has 9 nitrogen and oxygen atoms in total. The van der Waals surface area contributed by atoms with E-state index in [0.29, 0.717) is 0 Å². The summed E-state index contributed by atoms with van der Waals surface area (Å²) in [5.74, 6) is -4.15.